The van der Waals surface area contributed by atoms with Gasteiger partial charge in [-0.3, -0.25) is 0 Å². The summed E-state index contributed by atoms with van der Waals surface area (Å²) in [6.07, 6.45) is 1.09. The Bertz CT molecular complexity index is 193. The largest absolute Gasteiger partial charge is 0.380 e. The van der Waals surface area contributed by atoms with Crippen molar-refractivity contribution in [1.29, 1.82) is 0 Å². The van der Waals surface area contributed by atoms with Crippen molar-refractivity contribution in [2.75, 3.05) is 12.4 Å². The Morgan fingerprint density at radius 3 is 2.25 bits per heavy atom. The minimum absolute atomic E-state index is 0.703. The van der Waals surface area contributed by atoms with Gasteiger partial charge in [0.15, 0.2) is 0 Å². The van der Waals surface area contributed by atoms with E-state index in [0.717, 1.165) is 11.8 Å². The molecule has 1 nitrogen and oxygen atoms in total. The van der Waals surface area contributed by atoms with Crippen LogP contribution in [0, 0.1) is 0 Å². The van der Waals surface area contributed by atoms with Crippen LogP contribution >= 0.6 is 15.9 Å². The Balaban J connectivity index is 2.58. The van der Waals surface area contributed by atoms with Crippen molar-refractivity contribution in [3.8, 4) is 0 Å². The van der Waals surface area contributed by atoms with E-state index in [9.17, 15) is 0 Å². The van der Waals surface area contributed by atoms with Crippen LogP contribution in [0.5, 0.6) is 0 Å². The quantitative estimate of drug-likeness (QED) is 0.721. The first-order chi connectivity index (χ1) is 5.86. The summed E-state index contributed by atoms with van der Waals surface area (Å²) in [5.41, 5.74) is 2.60. The molecular formula is C10H13BrO. The Morgan fingerprint density at radius 1 is 1.17 bits per heavy atom. The van der Waals surface area contributed by atoms with Crippen molar-refractivity contribution >= 4 is 15.9 Å². The summed E-state index contributed by atoms with van der Waals surface area (Å²) in [6, 6.07) is 8.52. The second-order valence-corrected chi connectivity index (χ2v) is 3.48. The number of hydrogen-bond donors (Lipinski definition) is 0. The number of aryl methyl sites for hydroxylation is 1. The molecule has 0 aliphatic heterocycles. The molecule has 0 fully saturated rings. The lowest BCUT2D eigenvalue weighted by Crippen LogP contribution is -1.89. The van der Waals surface area contributed by atoms with E-state index in [4.69, 9.17) is 4.74 Å². The number of alkyl halides is 1. The third-order valence-electron chi connectivity index (χ3n) is 1.72. The zero-order chi connectivity index (χ0) is 8.81. The standard InChI is InChI=1S/C10H13BrO/c1-12-8-10-4-2-9(3-5-10)6-7-11/h2-5H,6-8H2,1H3. The van der Waals surface area contributed by atoms with E-state index in [-0.39, 0.29) is 0 Å². The molecule has 0 heterocycles. The molecule has 0 N–H and O–H groups in total. The van der Waals surface area contributed by atoms with Crippen molar-refractivity contribution in [3.63, 3.8) is 0 Å². The summed E-state index contributed by atoms with van der Waals surface area (Å²) in [6.45, 7) is 0.703. The normalized spacial score (nSPS) is 10.2. The first-order valence-electron chi connectivity index (χ1n) is 3.99. The highest BCUT2D eigenvalue weighted by molar-refractivity contribution is 9.09. The van der Waals surface area contributed by atoms with Gasteiger partial charge in [-0.05, 0) is 17.5 Å². The summed E-state index contributed by atoms with van der Waals surface area (Å²) in [4.78, 5) is 0. The zero-order valence-electron chi connectivity index (χ0n) is 7.22. The van der Waals surface area contributed by atoms with E-state index >= 15 is 0 Å². The van der Waals surface area contributed by atoms with Gasteiger partial charge in [-0.1, -0.05) is 40.2 Å². The third kappa shape index (κ3) is 2.95. The van der Waals surface area contributed by atoms with Crippen LogP contribution in [0.25, 0.3) is 0 Å². The Kier molecular flexibility index (Phi) is 4.33. The fourth-order valence-corrected chi connectivity index (χ4v) is 1.54. The topological polar surface area (TPSA) is 9.23 Å². The zero-order valence-corrected chi connectivity index (χ0v) is 8.80. The minimum Gasteiger partial charge on any atom is -0.380 e. The monoisotopic (exact) mass is 228 g/mol. The fourth-order valence-electron chi connectivity index (χ4n) is 1.08. The van der Waals surface area contributed by atoms with Crippen LogP contribution in [0.15, 0.2) is 24.3 Å². The Labute approximate surface area is 81.9 Å². The molecule has 0 saturated heterocycles. The van der Waals surface area contributed by atoms with Crippen LogP contribution in [0.3, 0.4) is 0 Å². The second kappa shape index (κ2) is 5.33. The maximum Gasteiger partial charge on any atom is 0.0713 e. The van der Waals surface area contributed by atoms with E-state index in [1.807, 2.05) is 0 Å². The molecule has 0 amide bonds. The van der Waals surface area contributed by atoms with Crippen LogP contribution in [0.1, 0.15) is 11.1 Å². The molecule has 12 heavy (non-hydrogen) atoms. The first-order valence-corrected chi connectivity index (χ1v) is 5.11. The molecule has 0 unspecified atom stereocenters. The number of rotatable bonds is 4. The molecule has 0 spiro atoms. The maximum atomic E-state index is 5.02. The van der Waals surface area contributed by atoms with E-state index < -0.39 is 0 Å². The van der Waals surface area contributed by atoms with Crippen LogP contribution in [0.4, 0.5) is 0 Å². The van der Waals surface area contributed by atoms with Crippen molar-refractivity contribution in [2.45, 2.75) is 13.0 Å². The van der Waals surface area contributed by atoms with Crippen LogP contribution in [0.2, 0.25) is 0 Å². The molecule has 0 aliphatic rings. The predicted molar refractivity (Wildman–Crippen MR) is 54.7 cm³/mol. The van der Waals surface area contributed by atoms with E-state index in [0.29, 0.717) is 6.61 Å². The molecule has 1 aromatic rings. The number of methoxy groups -OCH3 is 1. The molecule has 2 heteroatoms. The lowest BCUT2D eigenvalue weighted by molar-refractivity contribution is 0.185. The van der Waals surface area contributed by atoms with E-state index in [1.165, 1.54) is 11.1 Å². The van der Waals surface area contributed by atoms with Gasteiger partial charge in [-0.15, -0.1) is 0 Å². The highest BCUT2D eigenvalue weighted by atomic mass is 79.9. The number of halogens is 1. The molecule has 0 saturated carbocycles. The molecule has 0 radical (unpaired) electrons. The molecule has 1 rings (SSSR count). The average molecular weight is 229 g/mol. The van der Waals surface area contributed by atoms with Gasteiger partial charge in [-0.25, -0.2) is 0 Å². The van der Waals surface area contributed by atoms with Gasteiger partial charge in [0.1, 0.15) is 0 Å². The number of benzene rings is 1. The highest BCUT2D eigenvalue weighted by Gasteiger charge is 1.92. The average Bonchev–Trinajstić information content (AvgIpc) is 2.09. The number of hydrogen-bond acceptors (Lipinski definition) is 1. The predicted octanol–water partition coefficient (Wildman–Crippen LogP) is 2.77. The number of ether oxygens (including phenoxy) is 1. The Hall–Kier alpha value is -0.340. The second-order valence-electron chi connectivity index (χ2n) is 2.69. The molecule has 1 aromatic carbocycles. The smallest absolute Gasteiger partial charge is 0.0713 e. The molecule has 0 aromatic heterocycles. The fraction of sp³-hybridized carbons (Fsp3) is 0.400. The van der Waals surface area contributed by atoms with E-state index in [1.54, 1.807) is 7.11 Å². The summed E-state index contributed by atoms with van der Waals surface area (Å²) in [7, 11) is 1.71. The molecule has 0 aliphatic carbocycles. The van der Waals surface area contributed by atoms with Gasteiger partial charge in [0.2, 0.25) is 0 Å². The lowest BCUT2D eigenvalue weighted by Gasteiger charge is -2.01. The van der Waals surface area contributed by atoms with Crippen molar-refractivity contribution in [3.05, 3.63) is 35.4 Å². The summed E-state index contributed by atoms with van der Waals surface area (Å²) in [5.74, 6) is 0. The summed E-state index contributed by atoms with van der Waals surface area (Å²) < 4.78 is 5.02. The molecule has 0 atom stereocenters. The Morgan fingerprint density at radius 2 is 1.75 bits per heavy atom. The van der Waals surface area contributed by atoms with Crippen LogP contribution < -0.4 is 0 Å². The third-order valence-corrected chi connectivity index (χ3v) is 2.11. The summed E-state index contributed by atoms with van der Waals surface area (Å²) >= 11 is 3.41. The molecule has 66 valence electrons. The van der Waals surface area contributed by atoms with Gasteiger partial charge in [0, 0.05) is 12.4 Å². The van der Waals surface area contributed by atoms with Gasteiger partial charge < -0.3 is 4.74 Å². The van der Waals surface area contributed by atoms with Gasteiger partial charge in [-0.2, -0.15) is 0 Å². The minimum atomic E-state index is 0.703. The van der Waals surface area contributed by atoms with Crippen molar-refractivity contribution in [1.82, 2.24) is 0 Å². The maximum absolute atomic E-state index is 5.02. The van der Waals surface area contributed by atoms with Crippen LogP contribution in [-0.2, 0) is 17.8 Å². The SMILES string of the molecule is COCc1ccc(CCBr)cc1. The molecule has 0 bridgehead atoms. The van der Waals surface area contributed by atoms with Crippen molar-refractivity contribution in [2.24, 2.45) is 0 Å². The van der Waals surface area contributed by atoms with Gasteiger partial charge in [0.25, 0.3) is 0 Å². The lowest BCUT2D eigenvalue weighted by atomic mass is 10.1. The van der Waals surface area contributed by atoms with Crippen molar-refractivity contribution < 1.29 is 4.74 Å². The van der Waals surface area contributed by atoms with E-state index in [2.05, 4.69) is 40.2 Å². The van der Waals surface area contributed by atoms with Gasteiger partial charge in [0.05, 0.1) is 6.61 Å². The first kappa shape index (κ1) is 9.75. The summed E-state index contributed by atoms with van der Waals surface area (Å²) in [5, 5.41) is 1.02. The van der Waals surface area contributed by atoms with Gasteiger partial charge >= 0.3 is 0 Å². The molecular weight excluding hydrogens is 216 g/mol. The van der Waals surface area contributed by atoms with Crippen LogP contribution in [-0.4, -0.2) is 12.4 Å². The highest BCUT2D eigenvalue weighted by Crippen LogP contribution is 2.06.